The normalized spacial score (nSPS) is 34.9. The smallest absolute Gasteiger partial charge is 0.0113 e. The average molecular weight is 264 g/mol. The van der Waals surface area contributed by atoms with Gasteiger partial charge in [-0.1, -0.05) is 13.8 Å². The largest absolute Gasteiger partial charge is 0.301 e. The second-order valence-electron chi connectivity index (χ2n) is 7.59. The van der Waals surface area contributed by atoms with Crippen molar-refractivity contribution in [2.45, 2.75) is 58.4 Å². The van der Waals surface area contributed by atoms with Crippen molar-refractivity contribution in [1.29, 1.82) is 0 Å². The molecule has 0 aromatic heterocycles. The molecule has 0 amide bonds. The minimum atomic E-state index is 0.899. The van der Waals surface area contributed by atoms with E-state index in [0.29, 0.717) is 0 Å². The summed E-state index contributed by atoms with van der Waals surface area (Å²) in [5.41, 5.74) is 0. The fourth-order valence-electron chi connectivity index (χ4n) is 4.11. The minimum Gasteiger partial charge on any atom is -0.301 e. The SMILES string of the molecule is CC(C)C1CCC(N2CCN(CC3CC3)CC2)CC1. The van der Waals surface area contributed by atoms with Crippen molar-refractivity contribution in [2.24, 2.45) is 17.8 Å². The van der Waals surface area contributed by atoms with E-state index in [1.54, 1.807) is 0 Å². The summed E-state index contributed by atoms with van der Waals surface area (Å²) >= 11 is 0. The van der Waals surface area contributed by atoms with Crippen LogP contribution >= 0.6 is 0 Å². The first-order valence-corrected chi connectivity index (χ1v) is 8.69. The molecule has 0 N–H and O–H groups in total. The van der Waals surface area contributed by atoms with Gasteiger partial charge in [0, 0.05) is 38.8 Å². The van der Waals surface area contributed by atoms with Crippen LogP contribution in [0.2, 0.25) is 0 Å². The predicted molar refractivity (Wildman–Crippen MR) is 81.3 cm³/mol. The van der Waals surface area contributed by atoms with Crippen LogP contribution in [0.15, 0.2) is 0 Å². The summed E-state index contributed by atoms with van der Waals surface area (Å²) in [7, 11) is 0. The van der Waals surface area contributed by atoms with Gasteiger partial charge in [-0.05, 0) is 56.3 Å². The molecule has 3 fully saturated rings. The highest BCUT2D eigenvalue weighted by molar-refractivity contribution is 4.85. The van der Waals surface area contributed by atoms with Gasteiger partial charge in [0.25, 0.3) is 0 Å². The van der Waals surface area contributed by atoms with Crippen molar-refractivity contribution < 1.29 is 0 Å². The van der Waals surface area contributed by atoms with Crippen LogP contribution in [-0.2, 0) is 0 Å². The van der Waals surface area contributed by atoms with Gasteiger partial charge in [0.15, 0.2) is 0 Å². The summed E-state index contributed by atoms with van der Waals surface area (Å²) in [5, 5.41) is 0. The molecule has 0 bridgehead atoms. The maximum atomic E-state index is 2.81. The molecule has 3 rings (SSSR count). The Balaban J connectivity index is 1.39. The summed E-state index contributed by atoms with van der Waals surface area (Å²) in [4.78, 5) is 5.52. The molecular formula is C17H32N2. The zero-order valence-electron chi connectivity index (χ0n) is 13.0. The first-order valence-electron chi connectivity index (χ1n) is 8.69. The monoisotopic (exact) mass is 264 g/mol. The van der Waals surface area contributed by atoms with E-state index < -0.39 is 0 Å². The zero-order chi connectivity index (χ0) is 13.2. The maximum absolute atomic E-state index is 2.81. The summed E-state index contributed by atoms with van der Waals surface area (Å²) in [6, 6.07) is 0.915. The van der Waals surface area contributed by atoms with Gasteiger partial charge in [-0.15, -0.1) is 0 Å². The first kappa shape index (κ1) is 13.9. The van der Waals surface area contributed by atoms with Crippen LogP contribution in [0.1, 0.15) is 52.4 Å². The van der Waals surface area contributed by atoms with Gasteiger partial charge in [-0.3, -0.25) is 4.90 Å². The van der Waals surface area contributed by atoms with Crippen molar-refractivity contribution in [3.63, 3.8) is 0 Å². The van der Waals surface area contributed by atoms with Crippen LogP contribution in [-0.4, -0.2) is 48.6 Å². The van der Waals surface area contributed by atoms with Gasteiger partial charge in [-0.2, -0.15) is 0 Å². The van der Waals surface area contributed by atoms with Crippen LogP contribution < -0.4 is 0 Å². The van der Waals surface area contributed by atoms with Crippen LogP contribution in [0, 0.1) is 17.8 Å². The third kappa shape index (κ3) is 3.72. The van der Waals surface area contributed by atoms with Crippen LogP contribution in [0.3, 0.4) is 0 Å². The third-order valence-corrected chi connectivity index (χ3v) is 5.82. The lowest BCUT2D eigenvalue weighted by Gasteiger charge is -2.42. The second-order valence-corrected chi connectivity index (χ2v) is 7.59. The van der Waals surface area contributed by atoms with E-state index in [2.05, 4.69) is 23.6 Å². The number of hydrogen-bond acceptors (Lipinski definition) is 2. The Labute approximate surface area is 119 Å². The molecule has 110 valence electrons. The summed E-state index contributed by atoms with van der Waals surface area (Å²) in [6.45, 7) is 11.5. The van der Waals surface area contributed by atoms with E-state index in [9.17, 15) is 0 Å². The van der Waals surface area contributed by atoms with Crippen LogP contribution in [0.5, 0.6) is 0 Å². The van der Waals surface area contributed by atoms with Crippen molar-refractivity contribution in [1.82, 2.24) is 9.80 Å². The average Bonchev–Trinajstić information content (AvgIpc) is 3.24. The van der Waals surface area contributed by atoms with Crippen molar-refractivity contribution in [3.05, 3.63) is 0 Å². The van der Waals surface area contributed by atoms with Gasteiger partial charge in [0.1, 0.15) is 0 Å². The quantitative estimate of drug-likeness (QED) is 0.769. The van der Waals surface area contributed by atoms with Gasteiger partial charge >= 0.3 is 0 Å². The Hall–Kier alpha value is -0.0800. The molecule has 1 aliphatic heterocycles. The lowest BCUT2D eigenvalue weighted by atomic mass is 9.79. The molecule has 2 heteroatoms. The van der Waals surface area contributed by atoms with E-state index in [4.69, 9.17) is 0 Å². The van der Waals surface area contributed by atoms with Gasteiger partial charge in [0.05, 0.1) is 0 Å². The van der Waals surface area contributed by atoms with Gasteiger partial charge in [0.2, 0.25) is 0 Å². The lowest BCUT2D eigenvalue weighted by molar-refractivity contribution is 0.0638. The first-order chi connectivity index (χ1) is 9.22. The summed E-state index contributed by atoms with van der Waals surface area (Å²) < 4.78 is 0. The Kier molecular flexibility index (Phi) is 4.48. The summed E-state index contributed by atoms with van der Waals surface area (Å²) in [6.07, 6.45) is 8.88. The predicted octanol–water partition coefficient (Wildman–Crippen LogP) is 3.23. The fraction of sp³-hybridized carbons (Fsp3) is 1.00. The Bertz CT molecular complexity index is 269. The van der Waals surface area contributed by atoms with Crippen LogP contribution in [0.25, 0.3) is 0 Å². The summed E-state index contributed by atoms with van der Waals surface area (Å²) in [5.74, 6) is 2.97. The number of rotatable bonds is 4. The topological polar surface area (TPSA) is 6.48 Å². The Morgan fingerprint density at radius 1 is 0.842 bits per heavy atom. The highest BCUT2D eigenvalue weighted by atomic mass is 15.3. The number of hydrogen-bond donors (Lipinski definition) is 0. The van der Waals surface area contributed by atoms with E-state index in [1.165, 1.54) is 71.2 Å². The van der Waals surface area contributed by atoms with E-state index in [1.807, 2.05) is 0 Å². The molecule has 0 unspecified atom stereocenters. The second kappa shape index (κ2) is 6.13. The van der Waals surface area contributed by atoms with Crippen molar-refractivity contribution in [3.8, 4) is 0 Å². The zero-order valence-corrected chi connectivity index (χ0v) is 13.0. The molecule has 0 radical (unpaired) electrons. The highest BCUT2D eigenvalue weighted by Gasteiger charge is 2.31. The van der Waals surface area contributed by atoms with Gasteiger partial charge in [-0.25, -0.2) is 0 Å². The Morgan fingerprint density at radius 2 is 1.47 bits per heavy atom. The Morgan fingerprint density at radius 3 is 2.00 bits per heavy atom. The molecule has 0 spiro atoms. The van der Waals surface area contributed by atoms with E-state index >= 15 is 0 Å². The molecule has 19 heavy (non-hydrogen) atoms. The fourth-order valence-corrected chi connectivity index (χ4v) is 4.11. The molecule has 0 atom stereocenters. The molecule has 1 heterocycles. The molecular weight excluding hydrogens is 232 g/mol. The molecule has 0 aromatic rings. The number of nitrogens with zero attached hydrogens (tertiary/aromatic N) is 2. The van der Waals surface area contributed by atoms with Crippen LogP contribution in [0.4, 0.5) is 0 Å². The molecule has 0 aromatic carbocycles. The van der Waals surface area contributed by atoms with Crippen molar-refractivity contribution >= 4 is 0 Å². The maximum Gasteiger partial charge on any atom is 0.0113 e. The van der Waals surface area contributed by atoms with E-state index in [0.717, 1.165) is 23.8 Å². The molecule has 1 saturated heterocycles. The molecule has 2 saturated carbocycles. The van der Waals surface area contributed by atoms with E-state index in [-0.39, 0.29) is 0 Å². The minimum absolute atomic E-state index is 0.899. The van der Waals surface area contributed by atoms with Crippen molar-refractivity contribution in [2.75, 3.05) is 32.7 Å². The standard InChI is InChI=1S/C17H32N2/c1-14(2)16-5-7-17(8-6-16)19-11-9-18(10-12-19)13-15-3-4-15/h14-17H,3-13H2,1-2H3. The highest BCUT2D eigenvalue weighted by Crippen LogP contribution is 2.33. The molecule has 2 aliphatic carbocycles. The molecule has 2 nitrogen and oxygen atoms in total. The lowest BCUT2D eigenvalue weighted by Crippen LogP contribution is -2.51. The number of piperazine rings is 1. The molecule has 3 aliphatic rings. The third-order valence-electron chi connectivity index (χ3n) is 5.82. The van der Waals surface area contributed by atoms with Gasteiger partial charge < -0.3 is 4.90 Å².